The van der Waals surface area contributed by atoms with Crippen LogP contribution >= 0.6 is 0 Å². The van der Waals surface area contributed by atoms with Crippen molar-refractivity contribution >= 4 is 0 Å². The van der Waals surface area contributed by atoms with Crippen LogP contribution in [0.3, 0.4) is 0 Å². The van der Waals surface area contributed by atoms with Gasteiger partial charge in [0, 0.05) is 25.7 Å². The second-order valence-electron chi connectivity index (χ2n) is 5.43. The second-order valence-corrected chi connectivity index (χ2v) is 5.43. The Kier molecular flexibility index (Phi) is 4.00. The predicted molar refractivity (Wildman–Crippen MR) is 68.4 cm³/mol. The highest BCUT2D eigenvalue weighted by molar-refractivity contribution is 5.00. The Labute approximate surface area is 99.3 Å². The van der Waals surface area contributed by atoms with Crippen LogP contribution in [0.5, 0.6) is 0 Å². The largest absolute Gasteiger partial charge is 0.327 e. The molecule has 2 rings (SSSR count). The van der Waals surface area contributed by atoms with E-state index in [9.17, 15) is 0 Å². The third-order valence-corrected chi connectivity index (χ3v) is 4.17. The Balaban J connectivity index is 1.87. The lowest BCUT2D eigenvalue weighted by atomic mass is 9.84. The van der Waals surface area contributed by atoms with Gasteiger partial charge in [0.05, 0.1) is 0 Å². The molecule has 0 aromatic carbocycles. The van der Waals surface area contributed by atoms with Crippen LogP contribution in [0.15, 0.2) is 12.2 Å². The minimum Gasteiger partial charge on any atom is -0.327 e. The van der Waals surface area contributed by atoms with Crippen molar-refractivity contribution in [3.8, 4) is 0 Å². The van der Waals surface area contributed by atoms with Crippen molar-refractivity contribution in [2.75, 3.05) is 39.8 Å². The van der Waals surface area contributed by atoms with Gasteiger partial charge in [-0.2, -0.15) is 0 Å². The molecule has 3 heteroatoms. The summed E-state index contributed by atoms with van der Waals surface area (Å²) >= 11 is 0. The van der Waals surface area contributed by atoms with Crippen LogP contribution in [0.1, 0.15) is 19.3 Å². The van der Waals surface area contributed by atoms with Crippen LogP contribution < -0.4 is 5.73 Å². The molecule has 2 heterocycles. The van der Waals surface area contributed by atoms with E-state index in [1.807, 2.05) is 0 Å². The number of piperidine rings is 2. The van der Waals surface area contributed by atoms with Gasteiger partial charge in [-0.3, -0.25) is 4.90 Å². The number of nitrogens with zero attached hydrogens (tertiary/aromatic N) is 2. The van der Waals surface area contributed by atoms with Gasteiger partial charge in [-0.05, 0) is 50.9 Å². The Morgan fingerprint density at radius 3 is 2.94 bits per heavy atom. The Bertz CT molecular complexity index is 252. The summed E-state index contributed by atoms with van der Waals surface area (Å²) in [5.74, 6) is 0.873. The van der Waals surface area contributed by atoms with Gasteiger partial charge in [0.15, 0.2) is 0 Å². The first kappa shape index (κ1) is 12.1. The summed E-state index contributed by atoms with van der Waals surface area (Å²) in [5.41, 5.74) is 6.78. The van der Waals surface area contributed by atoms with Crippen molar-refractivity contribution in [3.05, 3.63) is 12.2 Å². The van der Waals surface area contributed by atoms with E-state index in [0.717, 1.165) is 18.5 Å². The van der Waals surface area contributed by atoms with Crippen LogP contribution in [-0.2, 0) is 0 Å². The first-order chi connectivity index (χ1) is 7.70. The van der Waals surface area contributed by atoms with E-state index in [4.69, 9.17) is 5.73 Å². The molecule has 0 aliphatic carbocycles. The predicted octanol–water partition coefficient (Wildman–Crippen LogP) is 0.917. The van der Waals surface area contributed by atoms with Gasteiger partial charge >= 0.3 is 0 Å². The van der Waals surface area contributed by atoms with Gasteiger partial charge in [0.1, 0.15) is 0 Å². The summed E-state index contributed by atoms with van der Waals surface area (Å²) in [6.07, 6.45) is 4.09. The molecule has 16 heavy (non-hydrogen) atoms. The summed E-state index contributed by atoms with van der Waals surface area (Å²) in [4.78, 5) is 5.10. The van der Waals surface area contributed by atoms with Crippen molar-refractivity contribution in [3.63, 3.8) is 0 Å². The molecule has 0 radical (unpaired) electrons. The topological polar surface area (TPSA) is 32.5 Å². The van der Waals surface area contributed by atoms with Gasteiger partial charge < -0.3 is 10.6 Å². The summed E-state index contributed by atoms with van der Waals surface area (Å²) < 4.78 is 0. The molecule has 2 N–H and O–H groups in total. The number of fused-ring (bicyclic) bond motifs is 1. The van der Waals surface area contributed by atoms with Crippen molar-refractivity contribution in [1.82, 2.24) is 9.80 Å². The van der Waals surface area contributed by atoms with E-state index in [-0.39, 0.29) is 0 Å². The maximum absolute atomic E-state index is 5.61. The maximum Gasteiger partial charge on any atom is 0.0202 e. The van der Waals surface area contributed by atoms with Crippen LogP contribution in [0.4, 0.5) is 0 Å². The fraction of sp³-hybridized carbons (Fsp3) is 0.846. The third-order valence-electron chi connectivity index (χ3n) is 4.17. The summed E-state index contributed by atoms with van der Waals surface area (Å²) in [7, 11) is 2.28. The van der Waals surface area contributed by atoms with E-state index >= 15 is 0 Å². The standard InChI is InChI=1S/C13H25N3/c1-11(8-14)9-16-7-5-13-12(10-16)4-3-6-15(13)2/h12-13H,1,3-10,14H2,2H3. The maximum atomic E-state index is 5.61. The quantitative estimate of drug-likeness (QED) is 0.722. The molecule has 2 unspecified atom stereocenters. The fourth-order valence-electron chi connectivity index (χ4n) is 3.25. The van der Waals surface area contributed by atoms with Gasteiger partial charge in [-0.15, -0.1) is 0 Å². The molecule has 2 atom stereocenters. The average Bonchev–Trinajstić information content (AvgIpc) is 2.29. The molecule has 92 valence electrons. The highest BCUT2D eigenvalue weighted by Crippen LogP contribution is 2.29. The first-order valence-electron chi connectivity index (χ1n) is 6.50. The van der Waals surface area contributed by atoms with E-state index in [1.54, 1.807) is 0 Å². The highest BCUT2D eigenvalue weighted by atomic mass is 15.2. The van der Waals surface area contributed by atoms with Crippen LogP contribution in [0.25, 0.3) is 0 Å². The molecule has 0 bridgehead atoms. The normalized spacial score (nSPS) is 32.4. The lowest BCUT2D eigenvalue weighted by Crippen LogP contribution is -2.53. The zero-order valence-corrected chi connectivity index (χ0v) is 10.5. The molecule has 0 aromatic heterocycles. The Morgan fingerprint density at radius 1 is 1.38 bits per heavy atom. The molecular weight excluding hydrogens is 198 g/mol. The molecule has 0 amide bonds. The zero-order valence-electron chi connectivity index (χ0n) is 10.5. The second kappa shape index (κ2) is 5.30. The van der Waals surface area contributed by atoms with Crippen molar-refractivity contribution < 1.29 is 0 Å². The van der Waals surface area contributed by atoms with Crippen molar-refractivity contribution in [2.45, 2.75) is 25.3 Å². The smallest absolute Gasteiger partial charge is 0.0202 e. The molecule has 2 aliphatic heterocycles. The molecule has 3 nitrogen and oxygen atoms in total. The lowest BCUT2D eigenvalue weighted by Gasteiger charge is -2.46. The SMILES string of the molecule is C=C(CN)CN1CCC2C(CCCN2C)C1. The number of rotatable bonds is 3. The van der Waals surface area contributed by atoms with E-state index in [0.29, 0.717) is 6.54 Å². The van der Waals surface area contributed by atoms with Crippen LogP contribution in [0.2, 0.25) is 0 Å². The zero-order chi connectivity index (χ0) is 11.5. The van der Waals surface area contributed by atoms with Gasteiger partial charge in [-0.1, -0.05) is 6.58 Å². The van der Waals surface area contributed by atoms with E-state index in [2.05, 4.69) is 23.4 Å². The average molecular weight is 223 g/mol. The number of likely N-dealkylation sites (tertiary alicyclic amines) is 2. The molecule has 0 spiro atoms. The Hall–Kier alpha value is -0.380. The minimum absolute atomic E-state index is 0.629. The van der Waals surface area contributed by atoms with Crippen molar-refractivity contribution in [2.24, 2.45) is 11.7 Å². The Morgan fingerprint density at radius 2 is 2.19 bits per heavy atom. The van der Waals surface area contributed by atoms with Crippen LogP contribution in [-0.4, -0.2) is 55.6 Å². The van der Waals surface area contributed by atoms with Crippen molar-refractivity contribution in [1.29, 1.82) is 0 Å². The molecular formula is C13H25N3. The molecule has 2 aliphatic rings. The van der Waals surface area contributed by atoms with E-state index < -0.39 is 0 Å². The molecule has 2 fully saturated rings. The molecule has 2 saturated heterocycles. The van der Waals surface area contributed by atoms with E-state index in [1.165, 1.54) is 44.5 Å². The fourth-order valence-corrected chi connectivity index (χ4v) is 3.25. The first-order valence-corrected chi connectivity index (χ1v) is 6.50. The van der Waals surface area contributed by atoms with Gasteiger partial charge in [0.25, 0.3) is 0 Å². The monoisotopic (exact) mass is 223 g/mol. The number of hydrogen-bond donors (Lipinski definition) is 1. The summed E-state index contributed by atoms with van der Waals surface area (Å²) in [6.45, 7) is 9.39. The van der Waals surface area contributed by atoms with Gasteiger partial charge in [-0.25, -0.2) is 0 Å². The van der Waals surface area contributed by atoms with Crippen LogP contribution in [0, 0.1) is 5.92 Å². The number of nitrogens with two attached hydrogens (primary N) is 1. The molecule has 0 saturated carbocycles. The lowest BCUT2D eigenvalue weighted by molar-refractivity contribution is 0.0423. The number of hydrogen-bond acceptors (Lipinski definition) is 3. The summed E-state index contributed by atoms with van der Waals surface area (Å²) in [6, 6.07) is 0.830. The van der Waals surface area contributed by atoms with Gasteiger partial charge in [0.2, 0.25) is 0 Å². The summed E-state index contributed by atoms with van der Waals surface area (Å²) in [5, 5.41) is 0. The molecule has 0 aromatic rings. The minimum atomic E-state index is 0.629. The third kappa shape index (κ3) is 2.65. The highest BCUT2D eigenvalue weighted by Gasteiger charge is 2.33.